The van der Waals surface area contributed by atoms with Crippen LogP contribution in [0.5, 0.6) is 0 Å². The summed E-state index contributed by atoms with van der Waals surface area (Å²) in [7, 11) is 0. The highest BCUT2D eigenvalue weighted by atomic mass is 16.1. The van der Waals surface area contributed by atoms with Crippen molar-refractivity contribution in [2.45, 2.75) is 32.6 Å². The van der Waals surface area contributed by atoms with Crippen molar-refractivity contribution in [3.63, 3.8) is 0 Å². The molecular formula is C15H17N3O. The van der Waals surface area contributed by atoms with E-state index in [0.717, 1.165) is 22.5 Å². The predicted octanol–water partition coefficient (Wildman–Crippen LogP) is 3.16. The van der Waals surface area contributed by atoms with Gasteiger partial charge >= 0.3 is 0 Å². The van der Waals surface area contributed by atoms with Gasteiger partial charge in [-0.05, 0) is 49.9 Å². The maximum absolute atomic E-state index is 12.1. The Hall–Kier alpha value is -2.10. The molecule has 0 saturated heterocycles. The first-order chi connectivity index (χ1) is 9.13. The molecule has 1 amide bonds. The Morgan fingerprint density at radius 1 is 1.32 bits per heavy atom. The fourth-order valence-corrected chi connectivity index (χ4v) is 2.11. The van der Waals surface area contributed by atoms with E-state index in [9.17, 15) is 4.79 Å². The Bertz CT molecular complexity index is 626. The van der Waals surface area contributed by atoms with E-state index in [1.807, 2.05) is 38.1 Å². The maximum atomic E-state index is 12.1. The number of amides is 1. The first kappa shape index (κ1) is 12.0. The van der Waals surface area contributed by atoms with E-state index in [2.05, 4.69) is 15.5 Å². The van der Waals surface area contributed by atoms with Crippen LogP contribution in [0.1, 0.15) is 46.1 Å². The Morgan fingerprint density at radius 2 is 2.11 bits per heavy atom. The van der Waals surface area contributed by atoms with Crippen LogP contribution in [0.4, 0.5) is 5.69 Å². The summed E-state index contributed by atoms with van der Waals surface area (Å²) in [6.45, 7) is 3.99. The molecule has 0 spiro atoms. The molecule has 2 N–H and O–H groups in total. The summed E-state index contributed by atoms with van der Waals surface area (Å²) >= 11 is 0. The molecule has 1 aromatic heterocycles. The second kappa shape index (κ2) is 4.53. The average molecular weight is 255 g/mol. The second-order valence-corrected chi connectivity index (χ2v) is 5.26. The zero-order valence-corrected chi connectivity index (χ0v) is 11.2. The second-order valence-electron chi connectivity index (χ2n) is 5.26. The van der Waals surface area contributed by atoms with Gasteiger partial charge in [-0.15, -0.1) is 0 Å². The minimum Gasteiger partial charge on any atom is -0.320 e. The molecular weight excluding hydrogens is 238 g/mol. The van der Waals surface area contributed by atoms with Crippen LogP contribution < -0.4 is 5.32 Å². The molecule has 1 heterocycles. The number of aromatic amines is 1. The van der Waals surface area contributed by atoms with Crippen LogP contribution >= 0.6 is 0 Å². The van der Waals surface area contributed by atoms with Crippen molar-refractivity contribution in [3.05, 3.63) is 46.8 Å². The SMILES string of the molecule is Cc1ccc(C)c(NC(=O)c2cc(C3CC3)[nH]n2)c1. The molecule has 1 aliphatic rings. The van der Waals surface area contributed by atoms with Crippen molar-refractivity contribution in [1.82, 2.24) is 10.2 Å². The van der Waals surface area contributed by atoms with E-state index in [-0.39, 0.29) is 5.91 Å². The summed E-state index contributed by atoms with van der Waals surface area (Å²) in [6.07, 6.45) is 2.39. The van der Waals surface area contributed by atoms with Crippen molar-refractivity contribution < 1.29 is 4.79 Å². The van der Waals surface area contributed by atoms with E-state index in [1.165, 1.54) is 12.8 Å². The zero-order valence-electron chi connectivity index (χ0n) is 11.2. The van der Waals surface area contributed by atoms with Gasteiger partial charge in [-0.3, -0.25) is 9.89 Å². The number of anilines is 1. The molecule has 19 heavy (non-hydrogen) atoms. The van der Waals surface area contributed by atoms with Crippen molar-refractivity contribution in [1.29, 1.82) is 0 Å². The van der Waals surface area contributed by atoms with Crippen LogP contribution in [0.15, 0.2) is 24.3 Å². The third-order valence-electron chi connectivity index (χ3n) is 3.49. The van der Waals surface area contributed by atoms with Crippen LogP contribution in [-0.4, -0.2) is 16.1 Å². The fraction of sp³-hybridized carbons (Fsp3) is 0.333. The largest absolute Gasteiger partial charge is 0.320 e. The molecule has 1 fully saturated rings. The van der Waals surface area contributed by atoms with E-state index in [0.29, 0.717) is 11.6 Å². The van der Waals surface area contributed by atoms with Gasteiger partial charge in [0.1, 0.15) is 0 Å². The molecule has 1 aromatic carbocycles. The lowest BCUT2D eigenvalue weighted by Crippen LogP contribution is -2.13. The standard InChI is InChI=1S/C15H17N3O/c1-9-3-4-10(2)12(7-9)16-15(19)14-8-13(17-18-14)11-5-6-11/h3-4,7-8,11H,5-6H2,1-2H3,(H,16,19)(H,17,18). The number of nitrogens with one attached hydrogen (secondary N) is 2. The molecule has 0 aliphatic heterocycles. The van der Waals surface area contributed by atoms with Crippen LogP contribution in [-0.2, 0) is 0 Å². The van der Waals surface area contributed by atoms with Gasteiger partial charge in [0.05, 0.1) is 0 Å². The average Bonchev–Trinajstić information content (AvgIpc) is 3.11. The molecule has 1 saturated carbocycles. The molecule has 4 nitrogen and oxygen atoms in total. The Morgan fingerprint density at radius 3 is 2.84 bits per heavy atom. The molecule has 0 radical (unpaired) electrons. The molecule has 0 bridgehead atoms. The van der Waals surface area contributed by atoms with Gasteiger partial charge in [0.15, 0.2) is 5.69 Å². The molecule has 98 valence electrons. The summed E-state index contributed by atoms with van der Waals surface area (Å²) in [5.41, 5.74) is 4.56. The van der Waals surface area contributed by atoms with E-state index < -0.39 is 0 Å². The quantitative estimate of drug-likeness (QED) is 0.885. The lowest BCUT2D eigenvalue weighted by molar-refractivity contribution is 0.102. The summed E-state index contributed by atoms with van der Waals surface area (Å²) in [5, 5.41) is 9.96. The summed E-state index contributed by atoms with van der Waals surface area (Å²) in [5.74, 6) is 0.423. The monoisotopic (exact) mass is 255 g/mol. The van der Waals surface area contributed by atoms with Gasteiger partial charge in [0, 0.05) is 17.3 Å². The van der Waals surface area contributed by atoms with Crippen LogP contribution in [0.3, 0.4) is 0 Å². The van der Waals surface area contributed by atoms with Gasteiger partial charge in [-0.25, -0.2) is 0 Å². The van der Waals surface area contributed by atoms with E-state index in [4.69, 9.17) is 0 Å². The van der Waals surface area contributed by atoms with E-state index >= 15 is 0 Å². The van der Waals surface area contributed by atoms with Crippen molar-refractivity contribution in [2.24, 2.45) is 0 Å². The Labute approximate surface area is 112 Å². The summed E-state index contributed by atoms with van der Waals surface area (Å²) < 4.78 is 0. The minimum absolute atomic E-state index is 0.156. The molecule has 2 aromatic rings. The number of hydrogen-bond donors (Lipinski definition) is 2. The van der Waals surface area contributed by atoms with Gasteiger partial charge in [-0.2, -0.15) is 5.10 Å². The van der Waals surface area contributed by atoms with Gasteiger partial charge < -0.3 is 5.32 Å². The van der Waals surface area contributed by atoms with Gasteiger partial charge in [-0.1, -0.05) is 12.1 Å². The Kier molecular flexibility index (Phi) is 2.85. The number of hydrogen-bond acceptors (Lipinski definition) is 2. The smallest absolute Gasteiger partial charge is 0.276 e. The molecule has 1 aliphatic carbocycles. The van der Waals surface area contributed by atoms with E-state index in [1.54, 1.807) is 0 Å². The van der Waals surface area contributed by atoms with Gasteiger partial charge in [0.2, 0.25) is 0 Å². The predicted molar refractivity (Wildman–Crippen MR) is 74.4 cm³/mol. The molecule has 0 unspecified atom stereocenters. The lowest BCUT2D eigenvalue weighted by Gasteiger charge is -2.07. The number of carbonyl (C=O) groups is 1. The van der Waals surface area contributed by atoms with Crippen LogP contribution in [0, 0.1) is 13.8 Å². The maximum Gasteiger partial charge on any atom is 0.276 e. The Balaban J connectivity index is 1.77. The number of H-pyrrole nitrogens is 1. The number of nitrogens with zero attached hydrogens (tertiary/aromatic N) is 1. The number of aryl methyl sites for hydroxylation is 2. The highest BCUT2D eigenvalue weighted by Crippen LogP contribution is 2.39. The topological polar surface area (TPSA) is 57.8 Å². The van der Waals surface area contributed by atoms with Crippen LogP contribution in [0.25, 0.3) is 0 Å². The fourth-order valence-electron chi connectivity index (χ4n) is 2.11. The summed E-state index contributed by atoms with van der Waals surface area (Å²) in [6, 6.07) is 7.87. The highest BCUT2D eigenvalue weighted by Gasteiger charge is 2.26. The molecule has 0 atom stereocenters. The third-order valence-corrected chi connectivity index (χ3v) is 3.49. The first-order valence-corrected chi connectivity index (χ1v) is 6.57. The van der Waals surface area contributed by atoms with Crippen molar-refractivity contribution >= 4 is 11.6 Å². The number of benzene rings is 1. The number of aromatic nitrogens is 2. The minimum atomic E-state index is -0.156. The van der Waals surface area contributed by atoms with Crippen molar-refractivity contribution in [3.8, 4) is 0 Å². The lowest BCUT2D eigenvalue weighted by atomic mass is 10.1. The zero-order chi connectivity index (χ0) is 13.4. The number of carbonyl (C=O) groups excluding carboxylic acids is 1. The normalized spacial score (nSPS) is 14.4. The summed E-state index contributed by atoms with van der Waals surface area (Å²) in [4.78, 5) is 12.1. The van der Waals surface area contributed by atoms with Crippen molar-refractivity contribution in [2.75, 3.05) is 5.32 Å². The van der Waals surface area contributed by atoms with Gasteiger partial charge in [0.25, 0.3) is 5.91 Å². The first-order valence-electron chi connectivity index (χ1n) is 6.57. The third kappa shape index (κ3) is 2.52. The molecule has 4 heteroatoms. The van der Waals surface area contributed by atoms with Crippen LogP contribution in [0.2, 0.25) is 0 Å². The number of rotatable bonds is 3. The highest BCUT2D eigenvalue weighted by molar-refractivity contribution is 6.03. The molecule has 3 rings (SSSR count).